The molecule has 1 unspecified atom stereocenters. The Bertz CT molecular complexity index is 474. The second-order valence-corrected chi connectivity index (χ2v) is 5.01. The molecule has 0 saturated carbocycles. The van der Waals surface area contributed by atoms with Crippen molar-refractivity contribution in [2.24, 2.45) is 5.41 Å². The fraction of sp³-hybridized carbons (Fsp3) is 0.375. The van der Waals surface area contributed by atoms with Gasteiger partial charge in [0.05, 0.1) is 0 Å². The van der Waals surface area contributed by atoms with Crippen molar-refractivity contribution in [3.05, 3.63) is 48.0 Å². The first-order valence-corrected chi connectivity index (χ1v) is 6.14. The number of hydrogen-bond acceptors (Lipinski definition) is 2. The highest BCUT2D eigenvalue weighted by molar-refractivity contribution is 6.06. The van der Waals surface area contributed by atoms with Crippen LogP contribution in [-0.4, -0.2) is 11.6 Å². The molecule has 18 heavy (non-hydrogen) atoms. The Labute approximate surface area is 109 Å². The summed E-state index contributed by atoms with van der Waals surface area (Å²) < 4.78 is 0. The van der Waals surface area contributed by atoms with Crippen LogP contribution in [0.15, 0.2) is 36.9 Å². The molecule has 0 aliphatic heterocycles. The van der Waals surface area contributed by atoms with E-state index in [1.807, 2.05) is 38.1 Å². The molecule has 1 aromatic rings. The summed E-state index contributed by atoms with van der Waals surface area (Å²) in [7, 11) is 0. The zero-order valence-corrected chi connectivity index (χ0v) is 11.3. The molecule has 0 radical (unpaired) electrons. The molecular formula is C16H20O2. The van der Waals surface area contributed by atoms with Gasteiger partial charge in [0.2, 0.25) is 0 Å². The fourth-order valence-corrected chi connectivity index (χ4v) is 2.41. The number of benzene rings is 1. The summed E-state index contributed by atoms with van der Waals surface area (Å²) in [5.41, 5.74) is 1.36. The molecular weight excluding hydrogens is 224 g/mol. The van der Waals surface area contributed by atoms with E-state index in [9.17, 15) is 9.59 Å². The molecule has 1 aliphatic rings. The second-order valence-electron chi connectivity index (χ2n) is 5.01. The largest absolute Gasteiger partial charge is 0.300 e. The number of hydrogen-bond donors (Lipinski definition) is 0. The Morgan fingerprint density at radius 1 is 1.44 bits per heavy atom. The minimum Gasteiger partial charge on any atom is -0.300 e. The van der Waals surface area contributed by atoms with Crippen LogP contribution >= 0.6 is 0 Å². The SMILES string of the molecule is C=CC.CC(=O)CC1(C)Cc2ccccc2C1=O. The van der Waals surface area contributed by atoms with Crippen molar-refractivity contribution in [2.75, 3.05) is 0 Å². The molecule has 2 rings (SSSR count). The minimum absolute atomic E-state index is 0.0821. The van der Waals surface area contributed by atoms with Gasteiger partial charge in [-0.25, -0.2) is 0 Å². The number of fused-ring (bicyclic) bond motifs is 1. The van der Waals surface area contributed by atoms with Crippen LogP contribution in [0.25, 0.3) is 0 Å². The molecule has 1 atom stereocenters. The van der Waals surface area contributed by atoms with Gasteiger partial charge in [0.15, 0.2) is 5.78 Å². The van der Waals surface area contributed by atoms with Crippen LogP contribution in [0.3, 0.4) is 0 Å². The Kier molecular flexibility index (Phi) is 4.60. The van der Waals surface area contributed by atoms with Gasteiger partial charge in [0, 0.05) is 17.4 Å². The monoisotopic (exact) mass is 244 g/mol. The zero-order valence-electron chi connectivity index (χ0n) is 11.3. The first kappa shape index (κ1) is 14.4. The van der Waals surface area contributed by atoms with Crippen LogP contribution in [0.1, 0.15) is 43.1 Å². The van der Waals surface area contributed by atoms with Crippen LogP contribution in [0, 0.1) is 5.41 Å². The van der Waals surface area contributed by atoms with Gasteiger partial charge < -0.3 is 0 Å². The van der Waals surface area contributed by atoms with E-state index in [-0.39, 0.29) is 11.6 Å². The highest BCUT2D eigenvalue weighted by Crippen LogP contribution is 2.39. The standard InChI is InChI=1S/C13H14O2.C3H6/c1-9(14)7-13(2)8-10-5-3-4-6-11(10)12(13)15;1-3-2/h3-6H,7-8H2,1-2H3;3H,1H2,2H3. The normalized spacial score (nSPS) is 20.7. The molecule has 0 bridgehead atoms. The van der Waals surface area contributed by atoms with Gasteiger partial charge in [0.25, 0.3) is 0 Å². The Morgan fingerprint density at radius 3 is 2.50 bits per heavy atom. The maximum absolute atomic E-state index is 12.1. The van der Waals surface area contributed by atoms with E-state index in [2.05, 4.69) is 6.58 Å². The fourth-order valence-electron chi connectivity index (χ4n) is 2.41. The molecule has 2 heteroatoms. The van der Waals surface area contributed by atoms with Crippen LogP contribution in [0.5, 0.6) is 0 Å². The van der Waals surface area contributed by atoms with E-state index in [1.54, 1.807) is 13.0 Å². The first-order valence-electron chi connectivity index (χ1n) is 6.14. The summed E-state index contributed by atoms with van der Waals surface area (Å²) >= 11 is 0. The number of ketones is 2. The van der Waals surface area contributed by atoms with E-state index < -0.39 is 5.41 Å². The lowest BCUT2D eigenvalue weighted by atomic mass is 9.81. The van der Waals surface area contributed by atoms with Gasteiger partial charge in [-0.1, -0.05) is 37.3 Å². The third kappa shape index (κ3) is 2.95. The molecule has 0 N–H and O–H groups in total. The van der Waals surface area contributed by atoms with Crippen molar-refractivity contribution in [1.82, 2.24) is 0 Å². The van der Waals surface area contributed by atoms with Crippen molar-refractivity contribution in [2.45, 2.75) is 33.6 Å². The van der Waals surface area contributed by atoms with Gasteiger partial charge >= 0.3 is 0 Å². The van der Waals surface area contributed by atoms with Crippen LogP contribution in [0.4, 0.5) is 0 Å². The van der Waals surface area contributed by atoms with Crippen molar-refractivity contribution >= 4 is 11.6 Å². The highest BCUT2D eigenvalue weighted by Gasteiger charge is 2.41. The minimum atomic E-state index is -0.504. The average molecular weight is 244 g/mol. The maximum Gasteiger partial charge on any atom is 0.169 e. The van der Waals surface area contributed by atoms with Gasteiger partial charge in [-0.15, -0.1) is 6.58 Å². The van der Waals surface area contributed by atoms with Gasteiger partial charge in [-0.2, -0.15) is 0 Å². The molecule has 0 amide bonds. The van der Waals surface area contributed by atoms with E-state index in [0.29, 0.717) is 12.8 Å². The molecule has 1 aliphatic carbocycles. The summed E-state index contributed by atoms with van der Waals surface area (Å²) in [5.74, 6) is 0.201. The predicted molar refractivity (Wildman–Crippen MR) is 73.8 cm³/mol. The average Bonchev–Trinajstić information content (AvgIpc) is 2.52. The Balaban J connectivity index is 0.000000492. The summed E-state index contributed by atoms with van der Waals surface area (Å²) in [5, 5.41) is 0. The molecule has 0 spiro atoms. The van der Waals surface area contributed by atoms with Crippen molar-refractivity contribution in [1.29, 1.82) is 0 Å². The summed E-state index contributed by atoms with van der Waals surface area (Å²) in [6, 6.07) is 7.63. The zero-order chi connectivity index (χ0) is 13.8. The third-order valence-electron chi connectivity index (χ3n) is 3.03. The van der Waals surface area contributed by atoms with Crippen molar-refractivity contribution in [3.8, 4) is 0 Å². The topological polar surface area (TPSA) is 34.1 Å². The van der Waals surface area contributed by atoms with Crippen LogP contribution < -0.4 is 0 Å². The number of carbonyl (C=O) groups excluding carboxylic acids is 2. The summed E-state index contributed by atoms with van der Waals surface area (Å²) in [6.07, 6.45) is 2.79. The third-order valence-corrected chi connectivity index (χ3v) is 3.03. The smallest absolute Gasteiger partial charge is 0.169 e. The van der Waals surface area contributed by atoms with E-state index in [1.165, 1.54) is 0 Å². The van der Waals surface area contributed by atoms with E-state index >= 15 is 0 Å². The van der Waals surface area contributed by atoms with Crippen LogP contribution in [-0.2, 0) is 11.2 Å². The lowest BCUT2D eigenvalue weighted by Crippen LogP contribution is -2.26. The van der Waals surface area contributed by atoms with Crippen molar-refractivity contribution in [3.63, 3.8) is 0 Å². The first-order chi connectivity index (χ1) is 8.44. The number of Topliss-reactive ketones (excluding diaryl/α,β-unsaturated/α-hetero) is 2. The maximum atomic E-state index is 12.1. The second kappa shape index (κ2) is 5.76. The van der Waals surface area contributed by atoms with Gasteiger partial charge in [0.1, 0.15) is 5.78 Å². The Morgan fingerprint density at radius 2 is 2.00 bits per heavy atom. The lowest BCUT2D eigenvalue weighted by Gasteiger charge is -2.19. The molecule has 2 nitrogen and oxygen atoms in total. The number of allylic oxidation sites excluding steroid dienone is 1. The number of carbonyl (C=O) groups is 2. The summed E-state index contributed by atoms with van der Waals surface area (Å²) in [6.45, 7) is 8.68. The molecule has 0 aromatic heterocycles. The lowest BCUT2D eigenvalue weighted by molar-refractivity contribution is -0.118. The van der Waals surface area contributed by atoms with E-state index in [0.717, 1.165) is 11.1 Å². The molecule has 0 fully saturated rings. The van der Waals surface area contributed by atoms with Gasteiger partial charge in [-0.05, 0) is 25.8 Å². The number of rotatable bonds is 2. The van der Waals surface area contributed by atoms with Crippen LogP contribution in [0.2, 0.25) is 0 Å². The summed E-state index contributed by atoms with van der Waals surface area (Å²) in [4.78, 5) is 23.3. The predicted octanol–water partition coefficient (Wildman–Crippen LogP) is 3.60. The van der Waals surface area contributed by atoms with Crippen molar-refractivity contribution < 1.29 is 9.59 Å². The molecule has 96 valence electrons. The van der Waals surface area contributed by atoms with E-state index in [4.69, 9.17) is 0 Å². The molecule has 1 aromatic carbocycles. The molecule has 0 saturated heterocycles. The molecule has 0 heterocycles. The van der Waals surface area contributed by atoms with Gasteiger partial charge in [-0.3, -0.25) is 9.59 Å². The quantitative estimate of drug-likeness (QED) is 0.745. The highest BCUT2D eigenvalue weighted by atomic mass is 16.1. The Hall–Kier alpha value is -1.70.